The molecule has 0 aromatic rings. The van der Waals surface area contributed by atoms with Gasteiger partial charge in [0.1, 0.15) is 7.21 Å². The van der Waals surface area contributed by atoms with Crippen molar-refractivity contribution in [3.05, 3.63) is 0 Å². The van der Waals surface area contributed by atoms with Gasteiger partial charge in [0.2, 0.25) is 0 Å². The molecule has 16 heavy (non-hydrogen) atoms. The molecule has 0 N–H and O–H groups in total. The molecule has 0 bridgehead atoms. The van der Waals surface area contributed by atoms with Crippen LogP contribution in [0.15, 0.2) is 13.5 Å². The van der Waals surface area contributed by atoms with Crippen LogP contribution in [0.3, 0.4) is 0 Å². The fourth-order valence-electron chi connectivity index (χ4n) is 1.06. The van der Waals surface area contributed by atoms with Gasteiger partial charge in [-0.25, -0.2) is 9.03 Å². The summed E-state index contributed by atoms with van der Waals surface area (Å²) in [6, 6.07) is 0. The van der Waals surface area contributed by atoms with Gasteiger partial charge in [0.15, 0.2) is 0 Å². The van der Waals surface area contributed by atoms with Gasteiger partial charge in [-0.15, -0.1) is 12.8 Å². The van der Waals surface area contributed by atoms with Crippen molar-refractivity contribution in [3.8, 4) is 24.7 Å². The highest BCUT2D eigenvalue weighted by atomic mass is 35.9. The van der Waals surface area contributed by atoms with Crippen LogP contribution in [-0.2, 0) is 0 Å². The predicted molar refractivity (Wildman–Crippen MR) is 78.9 cm³/mol. The summed E-state index contributed by atoms with van der Waals surface area (Å²) in [4.78, 5) is 0. The Labute approximate surface area is 114 Å². The van der Waals surface area contributed by atoms with E-state index in [2.05, 4.69) is 25.4 Å². The average molecular weight is 355 g/mol. The lowest BCUT2D eigenvalue weighted by Gasteiger charge is -2.23. The van der Waals surface area contributed by atoms with Gasteiger partial charge >= 0.3 is 0 Å². The first-order chi connectivity index (χ1) is 7.24. The van der Waals surface area contributed by atoms with Crippen molar-refractivity contribution >= 4 is 64.0 Å². The maximum Gasteiger partial charge on any atom is 0.255 e. The Balaban J connectivity index is 3.51. The normalized spacial score (nSPS) is 23.9. The van der Waals surface area contributed by atoms with Crippen molar-refractivity contribution in [1.82, 2.24) is 0 Å². The van der Waals surface area contributed by atoms with Gasteiger partial charge < -0.3 is 0 Å². The summed E-state index contributed by atoms with van der Waals surface area (Å²) < 4.78 is 12.3. The second-order valence-electron chi connectivity index (χ2n) is 2.78. The van der Waals surface area contributed by atoms with Crippen LogP contribution in [0.2, 0.25) is 0 Å². The molecule has 1 rings (SSSR count). The summed E-state index contributed by atoms with van der Waals surface area (Å²) in [5, 5.41) is 0. The van der Waals surface area contributed by atoms with Crippen LogP contribution >= 0.6 is 64.0 Å². The summed E-state index contributed by atoms with van der Waals surface area (Å²) >= 11 is 23.8. The summed E-state index contributed by atoms with van der Waals surface area (Å²) in [7, 11) is -2.38. The van der Waals surface area contributed by atoms with E-state index in [1.807, 2.05) is 0 Å². The van der Waals surface area contributed by atoms with Crippen LogP contribution in [0.25, 0.3) is 0 Å². The third-order valence-electron chi connectivity index (χ3n) is 1.45. The second-order valence-corrected chi connectivity index (χ2v) is 15.8. The molecular weight excluding hydrogens is 349 g/mol. The fourth-order valence-corrected chi connectivity index (χ4v) is 17.7. The lowest BCUT2D eigenvalue weighted by molar-refractivity contribution is 1.60. The van der Waals surface area contributed by atoms with Gasteiger partial charge in [-0.2, -0.15) is 4.52 Å². The van der Waals surface area contributed by atoms with Crippen molar-refractivity contribution in [3.63, 3.8) is 0 Å². The zero-order valence-electron chi connectivity index (χ0n) is 7.76. The topological polar surface area (TPSA) is 37.1 Å². The minimum Gasteiger partial charge on any atom is -0.211 e. The van der Waals surface area contributed by atoms with E-state index in [9.17, 15) is 0 Å². The van der Waals surface area contributed by atoms with Gasteiger partial charge in [0, 0.05) is 0 Å². The highest BCUT2D eigenvalue weighted by molar-refractivity contribution is 8.21. The molecule has 0 spiro atoms. The standard InChI is InChI=1S/C6H6Cl4N3P3/c1-3-5-14(6-4-2)11-15(7,8)13-16(9,10)12-14/h1-2H,5-6H2. The molecule has 0 aromatic heterocycles. The quantitative estimate of drug-likeness (QED) is 0.416. The van der Waals surface area contributed by atoms with Gasteiger partial charge in [0.25, 0.3) is 11.8 Å². The molecule has 0 amide bonds. The van der Waals surface area contributed by atoms with Crippen LogP contribution in [0.5, 0.6) is 0 Å². The van der Waals surface area contributed by atoms with Crippen LogP contribution in [0.4, 0.5) is 0 Å². The van der Waals surface area contributed by atoms with Gasteiger partial charge in [-0.3, -0.25) is 0 Å². The zero-order valence-corrected chi connectivity index (χ0v) is 13.5. The van der Waals surface area contributed by atoms with Crippen molar-refractivity contribution < 1.29 is 0 Å². The first-order valence-corrected chi connectivity index (χ1v) is 12.9. The van der Waals surface area contributed by atoms with E-state index in [0.29, 0.717) is 0 Å². The minimum atomic E-state index is -2.89. The Hall–Kier alpha value is 0.970. The van der Waals surface area contributed by atoms with Gasteiger partial charge in [-0.05, 0) is 45.0 Å². The average Bonchev–Trinajstić information content (AvgIpc) is 1.97. The molecule has 0 saturated carbocycles. The molecule has 1 heterocycles. The van der Waals surface area contributed by atoms with E-state index < -0.39 is 19.0 Å². The Bertz CT molecular complexity index is 513. The molecule has 1 aliphatic heterocycles. The maximum atomic E-state index is 5.94. The van der Waals surface area contributed by atoms with E-state index in [4.69, 9.17) is 57.8 Å². The van der Waals surface area contributed by atoms with Crippen LogP contribution in [0.1, 0.15) is 0 Å². The molecular formula is C6H6Cl4N3P3. The highest BCUT2D eigenvalue weighted by Crippen LogP contribution is 2.85. The first-order valence-electron chi connectivity index (χ1n) is 3.79. The molecule has 0 aromatic carbocycles. The minimum absolute atomic E-state index is 0.259. The largest absolute Gasteiger partial charge is 0.255 e. The predicted octanol–water partition coefficient (Wildman–Crippen LogP) is 6.23. The van der Waals surface area contributed by atoms with E-state index in [1.54, 1.807) is 0 Å². The zero-order chi connectivity index (χ0) is 12.4. The number of rotatable bonds is 2. The van der Waals surface area contributed by atoms with Crippen LogP contribution in [-0.4, -0.2) is 12.3 Å². The second kappa shape index (κ2) is 5.31. The van der Waals surface area contributed by atoms with Crippen molar-refractivity contribution in [1.29, 1.82) is 0 Å². The molecule has 0 atom stereocenters. The molecule has 0 unspecified atom stereocenters. The van der Waals surface area contributed by atoms with Gasteiger partial charge in [0.05, 0.1) is 12.3 Å². The van der Waals surface area contributed by atoms with Crippen LogP contribution < -0.4 is 0 Å². The Morgan fingerprint density at radius 1 is 0.812 bits per heavy atom. The molecule has 0 fully saturated rings. The number of halogens is 4. The smallest absolute Gasteiger partial charge is 0.211 e. The molecule has 0 aliphatic carbocycles. The van der Waals surface area contributed by atoms with Crippen molar-refractivity contribution in [2.24, 2.45) is 13.5 Å². The number of nitrogens with zero attached hydrogens (tertiary/aromatic N) is 3. The summed E-state index contributed by atoms with van der Waals surface area (Å²) in [5.41, 5.74) is 0. The lowest BCUT2D eigenvalue weighted by atomic mass is 10.8. The third kappa shape index (κ3) is 4.02. The monoisotopic (exact) mass is 353 g/mol. The fraction of sp³-hybridized carbons (Fsp3) is 0.333. The maximum absolute atomic E-state index is 5.94. The van der Waals surface area contributed by atoms with Crippen LogP contribution in [0, 0.1) is 24.7 Å². The Kier molecular flexibility index (Phi) is 4.98. The molecule has 0 radical (unpaired) electrons. The SMILES string of the molecule is C#CCP1(CC#C)=NP(Cl)(Cl)=NP(Cl)(Cl)=N1. The summed E-state index contributed by atoms with van der Waals surface area (Å²) in [5.74, 6) is -0.861. The van der Waals surface area contributed by atoms with E-state index in [-0.39, 0.29) is 12.3 Å². The lowest BCUT2D eigenvalue weighted by Crippen LogP contribution is -1.90. The first kappa shape index (κ1) is 15.0. The van der Waals surface area contributed by atoms with Gasteiger partial charge in [-0.1, -0.05) is 11.8 Å². The van der Waals surface area contributed by atoms with E-state index >= 15 is 0 Å². The molecule has 1 aliphatic rings. The summed E-state index contributed by atoms with van der Waals surface area (Å²) in [6.07, 6.45) is 11.0. The Morgan fingerprint density at radius 2 is 1.25 bits per heavy atom. The van der Waals surface area contributed by atoms with Crippen molar-refractivity contribution in [2.75, 3.05) is 12.3 Å². The Morgan fingerprint density at radius 3 is 1.62 bits per heavy atom. The molecule has 88 valence electrons. The molecule has 10 heteroatoms. The van der Waals surface area contributed by atoms with E-state index in [1.165, 1.54) is 0 Å². The van der Waals surface area contributed by atoms with Crippen molar-refractivity contribution in [2.45, 2.75) is 0 Å². The molecule has 3 nitrogen and oxygen atoms in total. The highest BCUT2D eigenvalue weighted by Gasteiger charge is 2.32. The number of hydrogen-bond acceptors (Lipinski definition) is 3. The third-order valence-corrected chi connectivity index (χ3v) is 13.8. The van der Waals surface area contributed by atoms with E-state index in [0.717, 1.165) is 0 Å². The number of terminal acetylenes is 2. The number of hydrogen-bond donors (Lipinski definition) is 0. The molecule has 0 saturated heterocycles. The summed E-state index contributed by atoms with van der Waals surface area (Å²) in [6.45, 7) is 0.